The van der Waals surface area contributed by atoms with Crippen molar-refractivity contribution in [2.24, 2.45) is 0 Å². The van der Waals surface area contributed by atoms with E-state index in [-0.39, 0.29) is 17.4 Å². The Kier molecular flexibility index (Phi) is 11.4. The molecule has 0 bridgehead atoms. The van der Waals surface area contributed by atoms with Gasteiger partial charge in [-0.25, -0.2) is 4.98 Å². The summed E-state index contributed by atoms with van der Waals surface area (Å²) >= 11 is 6.12. The highest BCUT2D eigenvalue weighted by molar-refractivity contribution is 9.10. The minimum Gasteiger partial charge on any atom is -0.494 e. The number of benzene rings is 4. The third kappa shape index (κ3) is 9.40. The Morgan fingerprint density at radius 1 is 0.913 bits per heavy atom. The highest BCUT2D eigenvalue weighted by Gasteiger charge is 2.16. The maximum atomic E-state index is 13.5. The van der Waals surface area contributed by atoms with Crippen LogP contribution < -0.4 is 20.7 Å². The number of anilines is 2. The van der Waals surface area contributed by atoms with Crippen LogP contribution in [0.1, 0.15) is 22.8 Å². The molecular formula is C35H29BrN4O4S2. The highest BCUT2D eigenvalue weighted by atomic mass is 79.9. The fourth-order valence-corrected chi connectivity index (χ4v) is 5.94. The Bertz CT molecular complexity index is 1840. The number of hydrogen-bond donors (Lipinski definition) is 3. The van der Waals surface area contributed by atoms with Crippen molar-refractivity contribution in [1.29, 1.82) is 0 Å². The minimum absolute atomic E-state index is 0.0707. The molecule has 11 heteroatoms. The Hall–Kier alpha value is -4.71. The Balaban J connectivity index is 1.23. The molecule has 46 heavy (non-hydrogen) atoms. The number of thioether (sulfide) groups is 1. The van der Waals surface area contributed by atoms with Crippen molar-refractivity contribution in [2.45, 2.75) is 11.8 Å². The van der Waals surface area contributed by atoms with E-state index in [1.165, 1.54) is 23.1 Å². The lowest BCUT2D eigenvalue weighted by molar-refractivity contribution is -0.114. The van der Waals surface area contributed by atoms with Crippen molar-refractivity contribution in [1.82, 2.24) is 10.3 Å². The summed E-state index contributed by atoms with van der Waals surface area (Å²) in [5, 5.41) is 10.9. The fourth-order valence-electron chi connectivity index (χ4n) is 4.19. The summed E-state index contributed by atoms with van der Waals surface area (Å²) in [5.41, 5.74) is 3.47. The fraction of sp³-hybridized carbons (Fsp3) is 0.0857. The second-order valence-corrected chi connectivity index (χ2v) is 12.6. The molecule has 1 heterocycles. The second kappa shape index (κ2) is 16.0. The Morgan fingerprint density at radius 3 is 2.41 bits per heavy atom. The Labute approximate surface area is 283 Å². The number of nitrogens with zero attached hydrogens (tertiary/aromatic N) is 1. The molecule has 0 saturated carbocycles. The molecule has 0 radical (unpaired) electrons. The van der Waals surface area contributed by atoms with Crippen LogP contribution in [0.3, 0.4) is 0 Å². The van der Waals surface area contributed by atoms with Gasteiger partial charge in [0, 0.05) is 31.6 Å². The quantitative estimate of drug-likeness (QED) is 0.0891. The third-order valence-electron chi connectivity index (χ3n) is 6.38. The van der Waals surface area contributed by atoms with Gasteiger partial charge in [0.25, 0.3) is 11.8 Å². The molecule has 0 spiro atoms. The van der Waals surface area contributed by atoms with E-state index in [0.29, 0.717) is 34.3 Å². The van der Waals surface area contributed by atoms with E-state index >= 15 is 0 Å². The van der Waals surface area contributed by atoms with Gasteiger partial charge in [0.1, 0.15) is 11.4 Å². The molecule has 5 aromatic rings. The molecule has 3 amide bonds. The number of halogens is 1. The van der Waals surface area contributed by atoms with Gasteiger partial charge in [0.2, 0.25) is 5.91 Å². The molecule has 0 aliphatic heterocycles. The zero-order chi connectivity index (χ0) is 32.3. The first-order valence-corrected chi connectivity index (χ1v) is 16.9. The zero-order valence-electron chi connectivity index (χ0n) is 24.7. The van der Waals surface area contributed by atoms with Crippen LogP contribution in [0, 0.1) is 0 Å². The van der Waals surface area contributed by atoms with Gasteiger partial charge in [-0.2, -0.15) is 0 Å². The van der Waals surface area contributed by atoms with E-state index < -0.39 is 11.8 Å². The molecule has 0 atom stereocenters. The van der Waals surface area contributed by atoms with E-state index in [0.717, 1.165) is 20.6 Å². The van der Waals surface area contributed by atoms with E-state index in [1.54, 1.807) is 60.7 Å². The normalized spacial score (nSPS) is 11.0. The van der Waals surface area contributed by atoms with E-state index in [1.807, 2.05) is 60.8 Å². The highest BCUT2D eigenvalue weighted by Crippen LogP contribution is 2.27. The summed E-state index contributed by atoms with van der Waals surface area (Å²) in [4.78, 5) is 44.4. The van der Waals surface area contributed by atoms with Crippen molar-refractivity contribution in [3.8, 4) is 17.0 Å². The summed E-state index contributed by atoms with van der Waals surface area (Å²) in [7, 11) is 0. The first-order valence-electron chi connectivity index (χ1n) is 14.2. The molecule has 0 aliphatic rings. The molecule has 0 unspecified atom stereocenters. The summed E-state index contributed by atoms with van der Waals surface area (Å²) in [5.74, 6) is -0.240. The topological polar surface area (TPSA) is 109 Å². The van der Waals surface area contributed by atoms with Crippen LogP contribution in [0.25, 0.3) is 17.3 Å². The third-order valence-corrected chi connectivity index (χ3v) is 8.66. The van der Waals surface area contributed by atoms with Crippen LogP contribution in [0.4, 0.5) is 10.8 Å². The molecule has 0 fully saturated rings. The standard InChI is InChI=1S/C35H29BrN4O4S2/c1-2-44-28-17-11-23(12-18-28)19-30(38-33(42)25-7-4-3-5-8-25)34(43)37-27-9-6-10-29(20-27)45-22-32(41)40-35-39-31(21-46-35)24-13-15-26(36)16-14-24/h3-21H,2,22H2,1H3,(H,37,43)(H,38,42)(H,39,40,41)/b30-19+. The van der Waals surface area contributed by atoms with Gasteiger partial charge in [0.15, 0.2) is 5.13 Å². The zero-order valence-corrected chi connectivity index (χ0v) is 27.9. The van der Waals surface area contributed by atoms with Crippen molar-refractivity contribution >= 4 is 73.6 Å². The van der Waals surface area contributed by atoms with Crippen molar-refractivity contribution in [3.05, 3.63) is 130 Å². The molecule has 4 aromatic carbocycles. The lowest BCUT2D eigenvalue weighted by atomic mass is 10.1. The molecule has 1 aromatic heterocycles. The first kappa shape index (κ1) is 32.7. The Morgan fingerprint density at radius 2 is 1.67 bits per heavy atom. The van der Waals surface area contributed by atoms with E-state index in [9.17, 15) is 14.4 Å². The number of carbonyl (C=O) groups is 3. The summed E-state index contributed by atoms with van der Waals surface area (Å²) in [6.07, 6.45) is 1.61. The number of amides is 3. The van der Waals surface area contributed by atoms with Gasteiger partial charge in [-0.3, -0.25) is 14.4 Å². The van der Waals surface area contributed by atoms with Gasteiger partial charge >= 0.3 is 0 Å². The van der Waals surface area contributed by atoms with Gasteiger partial charge < -0.3 is 20.7 Å². The number of thiazole rings is 1. The molecule has 8 nitrogen and oxygen atoms in total. The number of ether oxygens (including phenoxy) is 1. The van der Waals surface area contributed by atoms with Crippen LogP contribution >= 0.6 is 39.0 Å². The van der Waals surface area contributed by atoms with E-state index in [4.69, 9.17) is 4.74 Å². The SMILES string of the molecule is CCOc1ccc(/C=C(/NC(=O)c2ccccc2)C(=O)Nc2cccc(SCC(=O)Nc3nc(-c4ccc(Br)cc4)cs3)c2)cc1. The first-order chi connectivity index (χ1) is 22.4. The average Bonchev–Trinajstić information content (AvgIpc) is 3.53. The van der Waals surface area contributed by atoms with Crippen molar-refractivity contribution in [2.75, 3.05) is 23.0 Å². The van der Waals surface area contributed by atoms with Crippen molar-refractivity contribution in [3.63, 3.8) is 0 Å². The van der Waals surface area contributed by atoms with Crippen molar-refractivity contribution < 1.29 is 19.1 Å². The second-order valence-electron chi connectivity index (χ2n) is 9.74. The van der Waals surface area contributed by atoms with Gasteiger partial charge in [0.05, 0.1) is 18.1 Å². The van der Waals surface area contributed by atoms with Crippen LogP contribution in [0.2, 0.25) is 0 Å². The molecule has 3 N–H and O–H groups in total. The summed E-state index contributed by atoms with van der Waals surface area (Å²) in [6.45, 7) is 2.44. The maximum Gasteiger partial charge on any atom is 0.272 e. The van der Waals surface area contributed by atoms with Crippen LogP contribution in [-0.4, -0.2) is 35.1 Å². The van der Waals surface area contributed by atoms with Crippen LogP contribution in [0.5, 0.6) is 5.75 Å². The number of rotatable bonds is 12. The lowest BCUT2D eigenvalue weighted by Gasteiger charge is -2.12. The molecular weight excluding hydrogens is 684 g/mol. The predicted octanol–water partition coefficient (Wildman–Crippen LogP) is 8.11. The van der Waals surface area contributed by atoms with Gasteiger partial charge in [-0.1, -0.05) is 64.5 Å². The average molecular weight is 714 g/mol. The predicted molar refractivity (Wildman–Crippen MR) is 189 cm³/mol. The summed E-state index contributed by atoms with van der Waals surface area (Å²) in [6, 6.07) is 30.9. The number of carbonyl (C=O) groups excluding carboxylic acids is 3. The van der Waals surface area contributed by atoms with E-state index in [2.05, 4.69) is 36.9 Å². The lowest BCUT2D eigenvalue weighted by Crippen LogP contribution is -2.30. The van der Waals surface area contributed by atoms with Gasteiger partial charge in [-0.05, 0) is 73.2 Å². The van der Waals surface area contributed by atoms with Crippen LogP contribution in [-0.2, 0) is 9.59 Å². The number of nitrogens with one attached hydrogen (secondary N) is 3. The minimum atomic E-state index is -0.497. The summed E-state index contributed by atoms with van der Waals surface area (Å²) < 4.78 is 6.49. The largest absolute Gasteiger partial charge is 0.494 e. The number of aromatic nitrogens is 1. The monoisotopic (exact) mass is 712 g/mol. The molecule has 0 aliphatic carbocycles. The molecule has 232 valence electrons. The maximum absolute atomic E-state index is 13.5. The smallest absolute Gasteiger partial charge is 0.272 e. The number of hydrogen-bond acceptors (Lipinski definition) is 7. The van der Waals surface area contributed by atoms with Crippen LogP contribution in [0.15, 0.2) is 124 Å². The molecule has 0 saturated heterocycles. The van der Waals surface area contributed by atoms with Gasteiger partial charge in [-0.15, -0.1) is 23.1 Å². The molecule has 5 rings (SSSR count).